The summed E-state index contributed by atoms with van der Waals surface area (Å²) in [5, 5.41) is 3.15. The molecule has 1 aliphatic heterocycles. The molecule has 90 valence electrons. The molecule has 3 fully saturated rings. The topological polar surface area (TPSA) is 58.4 Å². The largest absolute Gasteiger partial charge is 0.335 e. The molecular weight excluding hydrogens is 202 g/mol. The maximum Gasteiger partial charge on any atom is 0.317 e. The van der Waals surface area contributed by atoms with Crippen molar-refractivity contribution in [2.24, 2.45) is 11.7 Å². The van der Waals surface area contributed by atoms with Gasteiger partial charge in [-0.25, -0.2) is 4.79 Å². The first kappa shape index (κ1) is 10.4. The van der Waals surface area contributed by atoms with E-state index in [4.69, 9.17) is 5.73 Å². The lowest BCUT2D eigenvalue weighted by Gasteiger charge is -2.27. The van der Waals surface area contributed by atoms with Crippen LogP contribution in [0.4, 0.5) is 4.79 Å². The van der Waals surface area contributed by atoms with Crippen LogP contribution in [0.5, 0.6) is 0 Å². The second-order valence-corrected chi connectivity index (χ2v) is 5.80. The van der Waals surface area contributed by atoms with Crippen molar-refractivity contribution in [3.63, 3.8) is 0 Å². The number of urea groups is 1. The maximum absolute atomic E-state index is 12.0. The molecular formula is C12H21N3O. The van der Waals surface area contributed by atoms with Gasteiger partial charge < -0.3 is 16.0 Å². The van der Waals surface area contributed by atoms with Crippen molar-refractivity contribution in [3.8, 4) is 0 Å². The zero-order valence-electron chi connectivity index (χ0n) is 9.74. The number of nitrogens with one attached hydrogen (secondary N) is 1. The van der Waals surface area contributed by atoms with E-state index in [1.807, 2.05) is 4.90 Å². The highest BCUT2D eigenvalue weighted by Crippen LogP contribution is 2.47. The van der Waals surface area contributed by atoms with Crippen LogP contribution in [0.1, 0.15) is 38.5 Å². The van der Waals surface area contributed by atoms with E-state index in [2.05, 4.69) is 5.32 Å². The highest BCUT2D eigenvalue weighted by molar-refractivity contribution is 5.75. The molecule has 0 aromatic rings. The highest BCUT2D eigenvalue weighted by Gasteiger charge is 2.58. The Bertz CT molecular complexity index is 301. The number of hydrogen-bond donors (Lipinski definition) is 2. The van der Waals surface area contributed by atoms with Gasteiger partial charge in [0.25, 0.3) is 0 Å². The van der Waals surface area contributed by atoms with Crippen LogP contribution in [0.15, 0.2) is 0 Å². The number of carbonyl (C=O) groups is 1. The third-order valence-corrected chi connectivity index (χ3v) is 4.43. The number of piperidine rings is 1. The molecule has 16 heavy (non-hydrogen) atoms. The summed E-state index contributed by atoms with van der Waals surface area (Å²) >= 11 is 0. The van der Waals surface area contributed by atoms with Crippen LogP contribution in [0.3, 0.4) is 0 Å². The summed E-state index contributed by atoms with van der Waals surface area (Å²) in [5.74, 6) is 0.574. The maximum atomic E-state index is 12.0. The van der Waals surface area contributed by atoms with Crippen molar-refractivity contribution in [2.75, 3.05) is 13.1 Å². The molecule has 0 aromatic carbocycles. The highest BCUT2D eigenvalue weighted by atomic mass is 16.2. The van der Waals surface area contributed by atoms with Gasteiger partial charge in [0.1, 0.15) is 0 Å². The number of nitrogens with zero attached hydrogens (tertiary/aromatic N) is 1. The van der Waals surface area contributed by atoms with Crippen molar-refractivity contribution in [3.05, 3.63) is 0 Å². The van der Waals surface area contributed by atoms with Gasteiger partial charge in [-0.15, -0.1) is 0 Å². The average molecular weight is 223 g/mol. The van der Waals surface area contributed by atoms with Crippen LogP contribution in [0.2, 0.25) is 0 Å². The fourth-order valence-corrected chi connectivity index (χ4v) is 3.19. The zero-order valence-corrected chi connectivity index (χ0v) is 9.74. The van der Waals surface area contributed by atoms with Gasteiger partial charge in [0.15, 0.2) is 0 Å². The van der Waals surface area contributed by atoms with Crippen molar-refractivity contribution < 1.29 is 4.79 Å². The molecule has 2 amide bonds. The summed E-state index contributed by atoms with van der Waals surface area (Å²) in [4.78, 5) is 13.9. The first-order chi connectivity index (χ1) is 7.67. The summed E-state index contributed by atoms with van der Waals surface area (Å²) in [5.41, 5.74) is 6.07. The molecule has 2 aliphatic carbocycles. The van der Waals surface area contributed by atoms with Gasteiger partial charge in [-0.05, 0) is 25.2 Å². The van der Waals surface area contributed by atoms with Crippen LogP contribution < -0.4 is 11.1 Å². The van der Waals surface area contributed by atoms with Gasteiger partial charge in [-0.2, -0.15) is 0 Å². The van der Waals surface area contributed by atoms with Crippen molar-refractivity contribution in [1.29, 1.82) is 0 Å². The number of fused-ring (bicyclic) bond motifs is 1. The number of rotatable bonds is 1. The second kappa shape index (κ2) is 3.62. The van der Waals surface area contributed by atoms with Crippen molar-refractivity contribution in [2.45, 2.75) is 50.1 Å². The molecule has 2 atom stereocenters. The molecule has 0 aromatic heterocycles. The number of hydrogen-bond acceptors (Lipinski definition) is 2. The van der Waals surface area contributed by atoms with E-state index in [-0.39, 0.29) is 11.6 Å². The van der Waals surface area contributed by atoms with Gasteiger partial charge in [-0.1, -0.05) is 19.3 Å². The van der Waals surface area contributed by atoms with Crippen LogP contribution in [-0.2, 0) is 0 Å². The van der Waals surface area contributed by atoms with Gasteiger partial charge in [0.05, 0.1) is 0 Å². The summed E-state index contributed by atoms with van der Waals surface area (Å²) in [6, 6.07) is 0.524. The molecule has 0 spiro atoms. The summed E-state index contributed by atoms with van der Waals surface area (Å²) in [7, 11) is 0. The molecule has 3 aliphatic rings. The quantitative estimate of drug-likeness (QED) is 0.698. The first-order valence-electron chi connectivity index (χ1n) is 6.52. The van der Waals surface area contributed by atoms with Crippen molar-refractivity contribution >= 4 is 6.03 Å². The third-order valence-electron chi connectivity index (χ3n) is 4.43. The standard InChI is InChI=1S/C12H21N3O/c13-12-6-9(12)7-15(8-12)11(16)14-10-4-2-1-3-5-10/h9-10H,1-8,13H2,(H,14,16). The van der Waals surface area contributed by atoms with Crippen molar-refractivity contribution in [1.82, 2.24) is 10.2 Å². The Labute approximate surface area is 96.5 Å². The lowest BCUT2D eigenvalue weighted by Crippen LogP contribution is -2.47. The van der Waals surface area contributed by atoms with E-state index in [0.717, 1.165) is 32.4 Å². The van der Waals surface area contributed by atoms with E-state index in [1.54, 1.807) is 0 Å². The van der Waals surface area contributed by atoms with Crippen LogP contribution in [0.25, 0.3) is 0 Å². The number of carbonyl (C=O) groups excluding carboxylic acids is 1. The second-order valence-electron chi connectivity index (χ2n) is 5.80. The van der Waals surface area contributed by atoms with Crippen LogP contribution in [-0.4, -0.2) is 35.6 Å². The van der Waals surface area contributed by atoms with Gasteiger partial charge in [0, 0.05) is 24.7 Å². The van der Waals surface area contributed by atoms with Crippen LogP contribution >= 0.6 is 0 Å². The number of amides is 2. The normalized spacial score (nSPS) is 38.3. The fourth-order valence-electron chi connectivity index (χ4n) is 3.19. The lowest BCUT2D eigenvalue weighted by molar-refractivity contribution is 0.194. The SMILES string of the molecule is NC12CC1CN(C(=O)NC1CCCCC1)C2. The van der Waals surface area contributed by atoms with Crippen LogP contribution in [0, 0.1) is 5.92 Å². The van der Waals surface area contributed by atoms with E-state index < -0.39 is 0 Å². The Morgan fingerprint density at radius 2 is 2.06 bits per heavy atom. The smallest absolute Gasteiger partial charge is 0.317 e. The molecule has 4 heteroatoms. The lowest BCUT2D eigenvalue weighted by atomic mass is 9.96. The molecule has 0 radical (unpaired) electrons. The fraction of sp³-hybridized carbons (Fsp3) is 0.917. The molecule has 1 heterocycles. The molecule has 2 saturated carbocycles. The third kappa shape index (κ3) is 1.79. The predicted octanol–water partition coefficient (Wildman–Crippen LogP) is 1.06. The molecule has 1 saturated heterocycles. The molecule has 3 rings (SSSR count). The predicted molar refractivity (Wildman–Crippen MR) is 62.0 cm³/mol. The Balaban J connectivity index is 1.50. The molecule has 4 nitrogen and oxygen atoms in total. The summed E-state index contributed by atoms with van der Waals surface area (Å²) in [6.45, 7) is 1.63. The van der Waals surface area contributed by atoms with Gasteiger partial charge in [-0.3, -0.25) is 0 Å². The Morgan fingerprint density at radius 1 is 1.31 bits per heavy atom. The molecule has 3 N–H and O–H groups in total. The van der Waals surface area contributed by atoms with E-state index in [0.29, 0.717) is 12.0 Å². The number of nitrogens with two attached hydrogens (primary N) is 1. The van der Waals surface area contributed by atoms with E-state index in [1.165, 1.54) is 19.3 Å². The first-order valence-corrected chi connectivity index (χ1v) is 6.52. The minimum absolute atomic E-state index is 0.0239. The average Bonchev–Trinajstić information content (AvgIpc) is 2.78. The number of likely N-dealkylation sites (tertiary alicyclic amines) is 1. The summed E-state index contributed by atoms with van der Waals surface area (Å²) in [6.07, 6.45) is 7.25. The minimum Gasteiger partial charge on any atom is -0.335 e. The minimum atomic E-state index is -0.0239. The Morgan fingerprint density at radius 3 is 2.69 bits per heavy atom. The van der Waals surface area contributed by atoms with Gasteiger partial charge >= 0.3 is 6.03 Å². The van der Waals surface area contributed by atoms with E-state index in [9.17, 15) is 4.79 Å². The molecule has 0 bridgehead atoms. The van der Waals surface area contributed by atoms with Gasteiger partial charge in [0.2, 0.25) is 0 Å². The monoisotopic (exact) mass is 223 g/mol. The summed E-state index contributed by atoms with van der Waals surface area (Å²) < 4.78 is 0. The van der Waals surface area contributed by atoms with E-state index >= 15 is 0 Å². The Kier molecular flexibility index (Phi) is 2.35. The zero-order chi connectivity index (χ0) is 11.2. The Hall–Kier alpha value is -0.770. The molecule has 2 unspecified atom stereocenters.